The van der Waals surface area contributed by atoms with Crippen molar-refractivity contribution >= 4 is 110 Å². The Morgan fingerprint density at radius 2 is 1.06 bits per heavy atom. The van der Waals surface area contributed by atoms with Crippen LogP contribution in [0.2, 0.25) is 0 Å². The minimum Gasteiger partial charge on any atom is -0.456 e. The van der Waals surface area contributed by atoms with Crippen LogP contribution in [0.3, 0.4) is 0 Å². The van der Waals surface area contributed by atoms with E-state index < -0.39 is 6.17 Å². The number of furan rings is 3. The molecular weight excluding hydrogens is 765 g/mol. The second-order valence-corrected chi connectivity index (χ2v) is 16.1. The molecule has 290 valence electrons. The molecular formula is C55H32N4O3. The number of para-hydroxylation sites is 4. The monoisotopic (exact) mass is 796 g/mol. The van der Waals surface area contributed by atoms with Crippen LogP contribution >= 0.6 is 0 Å². The van der Waals surface area contributed by atoms with Gasteiger partial charge in [-0.3, -0.25) is 0 Å². The summed E-state index contributed by atoms with van der Waals surface area (Å²) in [5, 5.41) is 14.6. The van der Waals surface area contributed by atoms with Crippen molar-refractivity contribution < 1.29 is 13.3 Å². The number of nitrogens with one attached hydrogen (secondary N) is 1. The second-order valence-electron chi connectivity index (χ2n) is 16.1. The normalized spacial score (nSPS) is 14.6. The molecule has 13 aromatic rings. The van der Waals surface area contributed by atoms with E-state index in [0.29, 0.717) is 11.7 Å². The molecule has 0 saturated carbocycles. The fourth-order valence-electron chi connectivity index (χ4n) is 9.89. The first-order chi connectivity index (χ1) is 30.7. The Kier molecular flexibility index (Phi) is 6.76. The highest BCUT2D eigenvalue weighted by Gasteiger charge is 2.28. The molecule has 0 aliphatic carbocycles. The van der Waals surface area contributed by atoms with Crippen LogP contribution in [0, 0.1) is 0 Å². The second kappa shape index (κ2) is 12.5. The third-order valence-electron chi connectivity index (χ3n) is 12.6. The van der Waals surface area contributed by atoms with E-state index in [0.717, 1.165) is 99.2 Å². The molecule has 0 saturated heterocycles. The first-order valence-electron chi connectivity index (χ1n) is 20.8. The fourth-order valence-corrected chi connectivity index (χ4v) is 9.89. The quantitative estimate of drug-likeness (QED) is 0.192. The number of hydrogen-bond donors (Lipinski definition) is 1. The van der Waals surface area contributed by atoms with Gasteiger partial charge in [-0.05, 0) is 71.4 Å². The Hall–Kier alpha value is -8.42. The number of amidine groups is 2. The summed E-state index contributed by atoms with van der Waals surface area (Å²) in [6, 6.07) is 63.2. The van der Waals surface area contributed by atoms with E-state index >= 15 is 0 Å². The standard InChI is InChI=1S/C55H32N4O3/c1-2-14-32-29-43-40(27-31(32)13-1)34-15-3-7-21-42(34)59(43)44-30-33(28-41-35-16-4-8-22-45(35)62-52(41)44)53-56-54(38-19-11-25-48-50(38)36-17-5-9-23-46(36)60-48)58-55(57-53)39-20-12-26-49-51(39)37-18-6-10-24-47(37)61-49/h1-30,54H,(H,56,57,58). The SMILES string of the molecule is c1ccc2cc3c(cc2c1)c1ccccc1n3-c1cc(C2=NC(c3cccc4oc5ccccc5c34)=NC(c3cccc4oc5ccccc5c34)N2)cc2c1oc1ccccc12. The van der Waals surface area contributed by atoms with Gasteiger partial charge in [-0.25, -0.2) is 9.98 Å². The Bertz CT molecular complexity index is 4100. The minimum absolute atomic E-state index is 0.518. The van der Waals surface area contributed by atoms with Crippen LogP contribution < -0.4 is 5.32 Å². The molecule has 4 aromatic heterocycles. The van der Waals surface area contributed by atoms with Gasteiger partial charge in [-0.1, -0.05) is 121 Å². The van der Waals surface area contributed by atoms with E-state index in [4.69, 9.17) is 23.2 Å². The van der Waals surface area contributed by atoms with Crippen LogP contribution in [0.25, 0.3) is 104 Å². The van der Waals surface area contributed by atoms with Gasteiger partial charge in [0.15, 0.2) is 11.4 Å². The zero-order chi connectivity index (χ0) is 40.5. The molecule has 0 radical (unpaired) electrons. The first kappa shape index (κ1) is 33.4. The average molecular weight is 797 g/mol. The van der Waals surface area contributed by atoms with Gasteiger partial charge >= 0.3 is 0 Å². The van der Waals surface area contributed by atoms with Crippen molar-refractivity contribution in [3.05, 3.63) is 199 Å². The van der Waals surface area contributed by atoms with Crippen molar-refractivity contribution in [2.45, 2.75) is 6.17 Å². The van der Waals surface area contributed by atoms with E-state index in [1.54, 1.807) is 0 Å². The maximum atomic E-state index is 6.85. The summed E-state index contributed by atoms with van der Waals surface area (Å²) in [6.45, 7) is 0. The van der Waals surface area contributed by atoms with Gasteiger partial charge in [0, 0.05) is 59.8 Å². The van der Waals surface area contributed by atoms with Crippen LogP contribution in [0.15, 0.2) is 205 Å². The van der Waals surface area contributed by atoms with Gasteiger partial charge in [0.05, 0.1) is 16.7 Å². The van der Waals surface area contributed by atoms with Crippen molar-refractivity contribution in [1.82, 2.24) is 9.88 Å². The van der Waals surface area contributed by atoms with Gasteiger partial charge in [0.2, 0.25) is 0 Å². The molecule has 7 nitrogen and oxygen atoms in total. The minimum atomic E-state index is -0.518. The number of fused-ring (bicyclic) bond motifs is 13. The summed E-state index contributed by atoms with van der Waals surface area (Å²) in [5.41, 5.74) is 10.8. The molecule has 1 unspecified atom stereocenters. The Morgan fingerprint density at radius 3 is 1.85 bits per heavy atom. The number of aromatic nitrogens is 1. The van der Waals surface area contributed by atoms with Crippen molar-refractivity contribution in [2.75, 3.05) is 0 Å². The van der Waals surface area contributed by atoms with E-state index in [2.05, 4.69) is 125 Å². The topological polar surface area (TPSA) is 81.1 Å². The van der Waals surface area contributed by atoms with Gasteiger partial charge in [0.1, 0.15) is 39.9 Å². The highest BCUT2D eigenvalue weighted by atomic mass is 16.3. The molecule has 9 aromatic carbocycles. The zero-order valence-corrected chi connectivity index (χ0v) is 33.0. The van der Waals surface area contributed by atoms with Crippen molar-refractivity contribution in [1.29, 1.82) is 0 Å². The predicted octanol–water partition coefficient (Wildman–Crippen LogP) is 14.1. The summed E-state index contributed by atoms with van der Waals surface area (Å²) in [4.78, 5) is 10.9. The molecule has 62 heavy (non-hydrogen) atoms. The van der Waals surface area contributed by atoms with Crippen molar-refractivity contribution in [3.8, 4) is 5.69 Å². The molecule has 0 spiro atoms. The van der Waals surface area contributed by atoms with Crippen LogP contribution in [-0.2, 0) is 0 Å². The molecule has 1 aliphatic rings. The van der Waals surface area contributed by atoms with Crippen LogP contribution in [0.5, 0.6) is 0 Å². The highest BCUT2D eigenvalue weighted by Crippen LogP contribution is 2.42. The zero-order valence-electron chi connectivity index (χ0n) is 33.0. The number of aliphatic imine (C=N–C) groups is 2. The maximum absolute atomic E-state index is 6.85. The van der Waals surface area contributed by atoms with Gasteiger partial charge in [-0.15, -0.1) is 0 Å². The highest BCUT2D eigenvalue weighted by molar-refractivity contribution is 6.23. The largest absolute Gasteiger partial charge is 0.456 e. The molecule has 14 rings (SSSR count). The molecule has 1 N–H and O–H groups in total. The number of rotatable bonds is 4. The molecule has 1 atom stereocenters. The summed E-state index contributed by atoms with van der Waals surface area (Å²) < 4.78 is 22.0. The van der Waals surface area contributed by atoms with E-state index in [9.17, 15) is 0 Å². The van der Waals surface area contributed by atoms with E-state index in [1.807, 2.05) is 66.7 Å². The first-order valence-corrected chi connectivity index (χ1v) is 20.8. The Morgan fingerprint density at radius 1 is 0.452 bits per heavy atom. The Labute approximate surface area is 352 Å². The van der Waals surface area contributed by atoms with Gasteiger partial charge < -0.3 is 23.1 Å². The average Bonchev–Trinajstić information content (AvgIpc) is 4.09. The van der Waals surface area contributed by atoms with E-state index in [1.165, 1.54) is 21.5 Å². The lowest BCUT2D eigenvalue weighted by Crippen LogP contribution is -2.33. The molecule has 1 aliphatic heterocycles. The van der Waals surface area contributed by atoms with Crippen LogP contribution in [-0.4, -0.2) is 16.2 Å². The predicted molar refractivity (Wildman–Crippen MR) is 252 cm³/mol. The summed E-state index contributed by atoms with van der Waals surface area (Å²) in [5.74, 6) is 1.29. The fraction of sp³-hybridized carbons (Fsp3) is 0.0182. The molecule has 7 heteroatoms. The number of hydrogen-bond acceptors (Lipinski definition) is 6. The third-order valence-corrected chi connectivity index (χ3v) is 12.6. The molecule has 0 amide bonds. The summed E-state index contributed by atoms with van der Waals surface area (Å²) >= 11 is 0. The Balaban J connectivity index is 1.06. The lowest BCUT2D eigenvalue weighted by atomic mass is 10.0. The van der Waals surface area contributed by atoms with Gasteiger partial charge in [0.25, 0.3) is 0 Å². The molecule has 5 heterocycles. The van der Waals surface area contributed by atoms with E-state index in [-0.39, 0.29) is 0 Å². The van der Waals surface area contributed by atoms with Crippen molar-refractivity contribution in [3.63, 3.8) is 0 Å². The third kappa shape index (κ3) is 4.76. The molecule has 0 fully saturated rings. The summed E-state index contributed by atoms with van der Waals surface area (Å²) in [7, 11) is 0. The number of benzene rings is 9. The number of nitrogens with zero attached hydrogens (tertiary/aromatic N) is 3. The molecule has 0 bridgehead atoms. The maximum Gasteiger partial charge on any atom is 0.160 e. The van der Waals surface area contributed by atoms with Crippen LogP contribution in [0.1, 0.15) is 22.9 Å². The van der Waals surface area contributed by atoms with Gasteiger partial charge in [-0.2, -0.15) is 0 Å². The lowest BCUT2D eigenvalue weighted by Gasteiger charge is -2.25. The van der Waals surface area contributed by atoms with Crippen LogP contribution in [0.4, 0.5) is 0 Å². The smallest absolute Gasteiger partial charge is 0.160 e. The van der Waals surface area contributed by atoms with Crippen molar-refractivity contribution in [2.24, 2.45) is 9.98 Å². The summed E-state index contributed by atoms with van der Waals surface area (Å²) in [6.07, 6.45) is -0.518. The lowest BCUT2D eigenvalue weighted by molar-refractivity contribution is 0.661.